The van der Waals surface area contributed by atoms with Gasteiger partial charge in [-0.2, -0.15) is 0 Å². The highest BCUT2D eigenvalue weighted by molar-refractivity contribution is 6.45. The summed E-state index contributed by atoms with van der Waals surface area (Å²) in [6.45, 7) is 3.07. The molecule has 1 saturated heterocycles. The number of carbonyl (C=O) groups is 2. The Morgan fingerprint density at radius 2 is 1.71 bits per heavy atom. The van der Waals surface area contributed by atoms with E-state index in [0.29, 0.717) is 55.4 Å². The molecule has 7 nitrogen and oxygen atoms in total. The van der Waals surface area contributed by atoms with Gasteiger partial charge in [0.2, 0.25) is 0 Å². The highest BCUT2D eigenvalue weighted by Crippen LogP contribution is 2.36. The zero-order chi connectivity index (χ0) is 22.0. The van der Waals surface area contributed by atoms with Gasteiger partial charge < -0.3 is 14.7 Å². The fourth-order valence-electron chi connectivity index (χ4n) is 4.01. The van der Waals surface area contributed by atoms with Crippen LogP contribution in [0.1, 0.15) is 5.56 Å². The molecule has 0 unspecified atom stereocenters. The summed E-state index contributed by atoms with van der Waals surface area (Å²) in [4.78, 5) is 32.1. The number of ether oxygens (including phenoxy) is 1. The van der Waals surface area contributed by atoms with Gasteiger partial charge in [-0.05, 0) is 29.8 Å². The average Bonchev–Trinajstić information content (AvgIpc) is 3.05. The maximum absolute atomic E-state index is 13.5. The number of hydrogen-bond acceptors (Lipinski definition) is 6. The summed E-state index contributed by atoms with van der Waals surface area (Å²) < 4.78 is 18.8. The molecule has 162 valence electrons. The molecule has 0 aliphatic carbocycles. The molecule has 2 heterocycles. The van der Waals surface area contributed by atoms with Gasteiger partial charge in [0.1, 0.15) is 17.3 Å². The van der Waals surface area contributed by atoms with Gasteiger partial charge in [0, 0.05) is 38.8 Å². The van der Waals surface area contributed by atoms with Crippen LogP contribution in [-0.4, -0.2) is 73.2 Å². The Morgan fingerprint density at radius 1 is 1.00 bits per heavy atom. The molecule has 0 radical (unpaired) electrons. The average molecular weight is 425 g/mol. The van der Waals surface area contributed by atoms with Gasteiger partial charge in [0.05, 0.1) is 25.0 Å². The second kappa shape index (κ2) is 8.87. The number of halogens is 1. The molecular formula is C23H24FN3O4. The number of rotatable bonds is 6. The van der Waals surface area contributed by atoms with E-state index in [-0.39, 0.29) is 12.2 Å². The molecule has 0 atom stereocenters. The Hall–Kier alpha value is -3.23. The monoisotopic (exact) mass is 425 g/mol. The predicted octanol–water partition coefficient (Wildman–Crippen LogP) is 1.73. The summed E-state index contributed by atoms with van der Waals surface area (Å²) in [6, 6.07) is 12.4. The van der Waals surface area contributed by atoms with Crippen LogP contribution in [-0.2, 0) is 9.59 Å². The molecule has 8 heteroatoms. The number of carbonyl (C=O) groups excluding carboxylic acids is 2. The second-order valence-electron chi connectivity index (χ2n) is 7.43. The van der Waals surface area contributed by atoms with Crippen LogP contribution in [0.5, 0.6) is 5.75 Å². The highest BCUT2D eigenvalue weighted by atomic mass is 19.1. The lowest BCUT2D eigenvalue weighted by atomic mass is 10.0. The summed E-state index contributed by atoms with van der Waals surface area (Å²) in [5.41, 5.74) is 1.51. The van der Waals surface area contributed by atoms with Gasteiger partial charge in [-0.15, -0.1) is 0 Å². The van der Waals surface area contributed by atoms with Crippen LogP contribution in [0.3, 0.4) is 0 Å². The van der Waals surface area contributed by atoms with Gasteiger partial charge in [0.15, 0.2) is 0 Å². The molecule has 2 aromatic rings. The lowest BCUT2D eigenvalue weighted by Crippen LogP contribution is -2.48. The Kier molecular flexibility index (Phi) is 6.01. The van der Waals surface area contributed by atoms with Gasteiger partial charge in [-0.3, -0.25) is 14.5 Å². The Balaban J connectivity index is 1.74. The number of amides is 2. The number of hydrogen-bond donors (Lipinski definition) is 1. The molecule has 0 aromatic heterocycles. The van der Waals surface area contributed by atoms with Crippen LogP contribution >= 0.6 is 0 Å². The largest absolute Gasteiger partial charge is 0.497 e. The number of nitrogens with zero attached hydrogens (tertiary/aromatic N) is 3. The third-order valence-corrected chi connectivity index (χ3v) is 5.61. The quantitative estimate of drug-likeness (QED) is 0.711. The summed E-state index contributed by atoms with van der Waals surface area (Å²) >= 11 is 0. The first-order valence-corrected chi connectivity index (χ1v) is 10.1. The highest BCUT2D eigenvalue weighted by Gasteiger charge is 2.43. The maximum Gasteiger partial charge on any atom is 0.282 e. The number of methoxy groups -OCH3 is 1. The fraction of sp³-hybridized carbons (Fsp3) is 0.304. The van der Waals surface area contributed by atoms with Crippen LogP contribution in [0.25, 0.3) is 5.57 Å². The molecule has 2 amide bonds. The smallest absolute Gasteiger partial charge is 0.282 e. The molecule has 4 rings (SSSR count). The van der Waals surface area contributed by atoms with E-state index in [1.807, 2.05) is 4.90 Å². The lowest BCUT2D eigenvalue weighted by molar-refractivity contribution is -0.120. The summed E-state index contributed by atoms with van der Waals surface area (Å²) in [5.74, 6) is -0.733. The molecule has 1 N–H and O–H groups in total. The number of aliphatic hydroxyl groups excluding tert-OH is 1. The molecule has 1 fully saturated rings. The van der Waals surface area contributed by atoms with Crippen molar-refractivity contribution < 1.29 is 23.8 Å². The molecule has 2 aliphatic rings. The summed E-state index contributed by atoms with van der Waals surface area (Å²) in [6.07, 6.45) is 0. The summed E-state index contributed by atoms with van der Waals surface area (Å²) in [7, 11) is 1.52. The van der Waals surface area contributed by atoms with Gasteiger partial charge in [-0.1, -0.05) is 18.2 Å². The molecule has 0 spiro atoms. The predicted molar refractivity (Wildman–Crippen MR) is 114 cm³/mol. The van der Waals surface area contributed by atoms with Crippen LogP contribution in [0.15, 0.2) is 54.2 Å². The van der Waals surface area contributed by atoms with Gasteiger partial charge >= 0.3 is 0 Å². The fourth-order valence-corrected chi connectivity index (χ4v) is 4.01. The van der Waals surface area contributed by atoms with E-state index >= 15 is 0 Å². The van der Waals surface area contributed by atoms with Crippen molar-refractivity contribution in [3.05, 3.63) is 65.6 Å². The minimum absolute atomic E-state index is 0.0740. The van der Waals surface area contributed by atoms with Gasteiger partial charge in [-0.25, -0.2) is 9.29 Å². The van der Waals surface area contributed by atoms with Crippen molar-refractivity contribution in [3.8, 4) is 5.75 Å². The first kappa shape index (κ1) is 21.0. The molecule has 0 saturated carbocycles. The normalized spacial score (nSPS) is 17.6. The third kappa shape index (κ3) is 4.04. The van der Waals surface area contributed by atoms with Crippen molar-refractivity contribution in [2.45, 2.75) is 0 Å². The number of imide groups is 1. The van der Waals surface area contributed by atoms with Crippen molar-refractivity contribution >= 4 is 23.1 Å². The number of anilines is 1. The first-order valence-electron chi connectivity index (χ1n) is 10.1. The van der Waals surface area contributed by atoms with E-state index in [2.05, 4.69) is 4.90 Å². The minimum Gasteiger partial charge on any atom is -0.497 e. The molecule has 2 aliphatic heterocycles. The Labute approximate surface area is 179 Å². The number of β-amino-alcohol motifs (C(OH)–C–C–N with tert-alkyl or cyclic N) is 1. The third-order valence-electron chi connectivity index (χ3n) is 5.61. The number of piperazine rings is 1. The van der Waals surface area contributed by atoms with E-state index in [4.69, 9.17) is 4.74 Å². The van der Waals surface area contributed by atoms with Crippen LogP contribution in [0.4, 0.5) is 10.1 Å². The van der Waals surface area contributed by atoms with Crippen molar-refractivity contribution in [2.75, 3.05) is 51.3 Å². The van der Waals surface area contributed by atoms with E-state index in [1.165, 1.54) is 31.4 Å². The van der Waals surface area contributed by atoms with Crippen molar-refractivity contribution in [1.29, 1.82) is 0 Å². The SMILES string of the molecule is COc1cccc(N2C(=O)C(c3ccc(F)cc3)=C(N3CCN(CCO)CC3)C2=O)c1. The minimum atomic E-state index is -0.447. The van der Waals surface area contributed by atoms with E-state index in [9.17, 15) is 19.1 Å². The lowest BCUT2D eigenvalue weighted by Gasteiger charge is -2.36. The zero-order valence-corrected chi connectivity index (χ0v) is 17.3. The van der Waals surface area contributed by atoms with Crippen LogP contribution in [0.2, 0.25) is 0 Å². The zero-order valence-electron chi connectivity index (χ0n) is 17.3. The van der Waals surface area contributed by atoms with Gasteiger partial charge in [0.25, 0.3) is 11.8 Å². The maximum atomic E-state index is 13.5. The first-order chi connectivity index (χ1) is 15.0. The molecular weight excluding hydrogens is 401 g/mol. The summed E-state index contributed by atoms with van der Waals surface area (Å²) in [5, 5.41) is 9.18. The Morgan fingerprint density at radius 3 is 2.35 bits per heavy atom. The second-order valence-corrected chi connectivity index (χ2v) is 7.43. The molecule has 0 bridgehead atoms. The topological polar surface area (TPSA) is 73.3 Å². The number of benzene rings is 2. The molecule has 2 aromatic carbocycles. The Bertz CT molecular complexity index is 1010. The van der Waals surface area contributed by atoms with Crippen LogP contribution in [0, 0.1) is 5.82 Å². The molecule has 31 heavy (non-hydrogen) atoms. The van der Waals surface area contributed by atoms with E-state index in [0.717, 1.165) is 4.90 Å². The van der Waals surface area contributed by atoms with E-state index < -0.39 is 17.6 Å². The van der Waals surface area contributed by atoms with Crippen molar-refractivity contribution in [3.63, 3.8) is 0 Å². The van der Waals surface area contributed by atoms with Crippen LogP contribution < -0.4 is 9.64 Å². The van der Waals surface area contributed by atoms with Crippen molar-refractivity contribution in [1.82, 2.24) is 9.80 Å². The van der Waals surface area contributed by atoms with E-state index in [1.54, 1.807) is 24.3 Å². The van der Waals surface area contributed by atoms with Crippen molar-refractivity contribution in [2.24, 2.45) is 0 Å². The standard InChI is InChI=1S/C23H24FN3O4/c1-31-19-4-2-3-18(15-19)27-22(29)20(16-5-7-17(24)8-6-16)21(23(27)30)26-11-9-25(10-12-26)13-14-28/h2-8,15,28H,9-14H2,1H3. The number of aliphatic hydroxyl groups is 1.